The number of rotatable bonds is 5. The largest absolute Gasteiger partial charge is 0.342 e. The molecule has 0 radical (unpaired) electrons. The number of nitrogens with zero attached hydrogens (tertiary/aromatic N) is 1. The topological polar surface area (TPSA) is 32.3 Å². The van der Waals surface area contributed by atoms with E-state index >= 15 is 0 Å². The van der Waals surface area contributed by atoms with Crippen molar-refractivity contribution in [2.75, 3.05) is 19.6 Å². The highest BCUT2D eigenvalue weighted by Gasteiger charge is 2.35. The number of piperidine rings is 1. The fourth-order valence-electron chi connectivity index (χ4n) is 3.33. The minimum atomic E-state index is -0.609. The Labute approximate surface area is 138 Å². The predicted molar refractivity (Wildman–Crippen MR) is 89.8 cm³/mol. The number of carbonyl (C=O) groups excluding carboxylic acids is 1. The molecule has 1 aliphatic carbocycles. The fourth-order valence-corrected chi connectivity index (χ4v) is 3.33. The van der Waals surface area contributed by atoms with Crippen LogP contribution in [0.15, 0.2) is 24.3 Å². The van der Waals surface area contributed by atoms with Gasteiger partial charge in [-0.3, -0.25) is 4.79 Å². The van der Waals surface area contributed by atoms with E-state index in [1.165, 1.54) is 25.0 Å². The van der Waals surface area contributed by atoms with E-state index in [9.17, 15) is 9.18 Å². The third-order valence-corrected chi connectivity index (χ3v) is 5.27. The van der Waals surface area contributed by atoms with Crippen molar-refractivity contribution in [3.8, 4) is 0 Å². The third-order valence-electron chi connectivity index (χ3n) is 5.27. The highest BCUT2D eigenvalue weighted by Crippen LogP contribution is 2.29. The van der Waals surface area contributed by atoms with Crippen LogP contribution in [0, 0.1) is 11.7 Å². The molecule has 0 atom stereocenters. The summed E-state index contributed by atoms with van der Waals surface area (Å²) in [6, 6.07) is 6.85. The van der Waals surface area contributed by atoms with E-state index in [0.717, 1.165) is 44.0 Å². The highest BCUT2D eigenvalue weighted by molar-refractivity contribution is 5.87. The van der Waals surface area contributed by atoms with Gasteiger partial charge in [0.05, 0.1) is 5.41 Å². The summed E-state index contributed by atoms with van der Waals surface area (Å²) in [7, 11) is 0. The molecular weight excluding hydrogens is 291 g/mol. The Morgan fingerprint density at radius 2 is 1.78 bits per heavy atom. The molecule has 23 heavy (non-hydrogen) atoms. The lowest BCUT2D eigenvalue weighted by Gasteiger charge is -2.37. The van der Waals surface area contributed by atoms with Crippen molar-refractivity contribution < 1.29 is 9.18 Å². The summed E-state index contributed by atoms with van der Waals surface area (Å²) in [5.41, 5.74) is 0.264. The quantitative estimate of drug-likeness (QED) is 0.905. The molecule has 1 saturated heterocycles. The van der Waals surface area contributed by atoms with Crippen LogP contribution in [-0.2, 0) is 10.2 Å². The molecule has 1 aliphatic heterocycles. The number of halogens is 1. The van der Waals surface area contributed by atoms with Crippen LogP contribution in [0.1, 0.15) is 45.1 Å². The van der Waals surface area contributed by atoms with E-state index in [2.05, 4.69) is 5.32 Å². The first-order valence-electron chi connectivity index (χ1n) is 8.75. The highest BCUT2D eigenvalue weighted by atomic mass is 19.1. The summed E-state index contributed by atoms with van der Waals surface area (Å²) < 4.78 is 13.1. The number of likely N-dealkylation sites (tertiary alicyclic amines) is 1. The minimum absolute atomic E-state index is 0.143. The second-order valence-corrected chi connectivity index (χ2v) is 7.55. The molecule has 1 saturated carbocycles. The molecule has 1 N–H and O–H groups in total. The molecule has 1 aromatic rings. The molecule has 3 nitrogen and oxygen atoms in total. The van der Waals surface area contributed by atoms with E-state index in [1.807, 2.05) is 18.7 Å². The van der Waals surface area contributed by atoms with Crippen molar-refractivity contribution in [2.45, 2.75) is 51.0 Å². The van der Waals surface area contributed by atoms with Gasteiger partial charge in [0.15, 0.2) is 0 Å². The average Bonchev–Trinajstić information content (AvgIpc) is 3.37. The van der Waals surface area contributed by atoms with Gasteiger partial charge in [-0.15, -0.1) is 0 Å². The fraction of sp³-hybridized carbons (Fsp3) is 0.632. The third kappa shape index (κ3) is 3.92. The minimum Gasteiger partial charge on any atom is -0.342 e. The van der Waals surface area contributed by atoms with Crippen LogP contribution in [0.4, 0.5) is 4.39 Å². The number of amides is 1. The van der Waals surface area contributed by atoms with Crippen LogP contribution >= 0.6 is 0 Å². The van der Waals surface area contributed by atoms with Crippen molar-refractivity contribution in [3.63, 3.8) is 0 Å². The van der Waals surface area contributed by atoms with Gasteiger partial charge in [0.2, 0.25) is 5.91 Å². The molecule has 1 amide bonds. The van der Waals surface area contributed by atoms with E-state index < -0.39 is 5.41 Å². The second kappa shape index (κ2) is 6.60. The molecule has 2 fully saturated rings. The van der Waals surface area contributed by atoms with Crippen molar-refractivity contribution in [3.05, 3.63) is 35.6 Å². The lowest BCUT2D eigenvalue weighted by Crippen LogP contribution is -2.50. The normalized spacial score (nSPS) is 19.9. The van der Waals surface area contributed by atoms with Crippen molar-refractivity contribution in [1.82, 2.24) is 10.2 Å². The van der Waals surface area contributed by atoms with Crippen LogP contribution in [0.2, 0.25) is 0 Å². The van der Waals surface area contributed by atoms with Gasteiger partial charge in [0.25, 0.3) is 0 Å². The summed E-state index contributed by atoms with van der Waals surface area (Å²) in [5, 5.41) is 3.64. The molecule has 4 heteroatoms. The first-order valence-corrected chi connectivity index (χ1v) is 8.75. The average molecular weight is 318 g/mol. The monoisotopic (exact) mass is 318 g/mol. The van der Waals surface area contributed by atoms with Gasteiger partial charge in [-0.05, 0) is 69.7 Å². The molecule has 1 aromatic carbocycles. The Kier molecular flexibility index (Phi) is 4.72. The predicted octanol–water partition coefficient (Wildman–Crippen LogP) is 3.09. The molecule has 2 aliphatic rings. The molecule has 0 bridgehead atoms. The smallest absolute Gasteiger partial charge is 0.232 e. The van der Waals surface area contributed by atoms with Gasteiger partial charge in [0.1, 0.15) is 5.82 Å². The molecule has 1 heterocycles. The first-order chi connectivity index (χ1) is 11.0. The molecule has 0 aromatic heterocycles. The number of benzene rings is 1. The van der Waals surface area contributed by atoms with Crippen LogP contribution in [0.5, 0.6) is 0 Å². The lowest BCUT2D eigenvalue weighted by atomic mass is 9.82. The summed E-state index contributed by atoms with van der Waals surface area (Å²) in [6.45, 7) is 6.62. The Balaban J connectivity index is 1.56. The Morgan fingerprint density at radius 3 is 2.35 bits per heavy atom. The van der Waals surface area contributed by atoms with Crippen LogP contribution < -0.4 is 5.32 Å². The van der Waals surface area contributed by atoms with Gasteiger partial charge < -0.3 is 10.2 Å². The Morgan fingerprint density at radius 1 is 1.17 bits per heavy atom. The molecule has 3 rings (SSSR count). The lowest BCUT2D eigenvalue weighted by molar-refractivity contribution is -0.137. The van der Waals surface area contributed by atoms with E-state index in [0.29, 0.717) is 6.04 Å². The number of hydrogen-bond donors (Lipinski definition) is 1. The van der Waals surface area contributed by atoms with Crippen LogP contribution in [-0.4, -0.2) is 36.5 Å². The number of hydrogen-bond acceptors (Lipinski definition) is 2. The van der Waals surface area contributed by atoms with Gasteiger partial charge in [-0.1, -0.05) is 12.1 Å². The van der Waals surface area contributed by atoms with Gasteiger partial charge >= 0.3 is 0 Å². The van der Waals surface area contributed by atoms with Crippen molar-refractivity contribution in [2.24, 2.45) is 5.92 Å². The zero-order chi connectivity index (χ0) is 16.4. The zero-order valence-corrected chi connectivity index (χ0v) is 14.1. The van der Waals surface area contributed by atoms with Crippen LogP contribution in [0.25, 0.3) is 0 Å². The van der Waals surface area contributed by atoms with Crippen molar-refractivity contribution >= 4 is 5.91 Å². The summed E-state index contributed by atoms with van der Waals surface area (Å²) in [4.78, 5) is 14.9. The Bertz CT molecular complexity index is 543. The summed E-state index contributed by atoms with van der Waals surface area (Å²) in [5.74, 6) is 0.774. The zero-order valence-electron chi connectivity index (χ0n) is 14.1. The number of carbonyl (C=O) groups is 1. The SMILES string of the molecule is CC(C)(C(=O)N1CCC(NCC2CC2)CC1)c1ccc(F)cc1. The van der Waals surface area contributed by atoms with E-state index in [4.69, 9.17) is 0 Å². The van der Waals surface area contributed by atoms with E-state index in [-0.39, 0.29) is 11.7 Å². The first kappa shape index (κ1) is 16.4. The van der Waals surface area contributed by atoms with Crippen LogP contribution in [0.3, 0.4) is 0 Å². The molecule has 0 spiro atoms. The Hall–Kier alpha value is -1.42. The maximum absolute atomic E-state index is 13.1. The molecule has 0 unspecified atom stereocenters. The standard InChI is InChI=1S/C19H27FN2O/c1-19(2,15-5-7-16(20)8-6-15)18(23)22-11-9-17(10-12-22)21-13-14-3-4-14/h5-8,14,17,21H,3-4,9-13H2,1-2H3. The second-order valence-electron chi connectivity index (χ2n) is 7.55. The van der Waals surface area contributed by atoms with Gasteiger partial charge in [-0.25, -0.2) is 4.39 Å². The summed E-state index contributed by atoms with van der Waals surface area (Å²) >= 11 is 0. The maximum Gasteiger partial charge on any atom is 0.232 e. The maximum atomic E-state index is 13.1. The van der Waals surface area contributed by atoms with E-state index in [1.54, 1.807) is 12.1 Å². The van der Waals surface area contributed by atoms with Gasteiger partial charge in [-0.2, -0.15) is 0 Å². The molecular formula is C19H27FN2O. The van der Waals surface area contributed by atoms with Crippen molar-refractivity contribution in [1.29, 1.82) is 0 Å². The summed E-state index contributed by atoms with van der Waals surface area (Å²) in [6.07, 6.45) is 4.79. The molecule has 126 valence electrons. The van der Waals surface area contributed by atoms with Gasteiger partial charge in [0, 0.05) is 19.1 Å². The number of nitrogens with one attached hydrogen (secondary N) is 1.